The van der Waals surface area contributed by atoms with Crippen molar-refractivity contribution < 1.29 is 14.3 Å². The van der Waals surface area contributed by atoms with E-state index in [4.69, 9.17) is 9.47 Å². The van der Waals surface area contributed by atoms with Gasteiger partial charge in [0.1, 0.15) is 17.2 Å². The van der Waals surface area contributed by atoms with Gasteiger partial charge in [0.25, 0.3) is 0 Å². The van der Waals surface area contributed by atoms with Crippen molar-refractivity contribution in [3.63, 3.8) is 0 Å². The first-order valence-corrected chi connectivity index (χ1v) is 9.76. The highest BCUT2D eigenvalue weighted by atomic mass is 16.5. The van der Waals surface area contributed by atoms with Crippen LogP contribution in [0.5, 0.6) is 17.2 Å². The summed E-state index contributed by atoms with van der Waals surface area (Å²) in [6.07, 6.45) is 0. The summed E-state index contributed by atoms with van der Waals surface area (Å²) >= 11 is 0. The molecule has 0 aliphatic rings. The molecule has 0 saturated carbocycles. The third-order valence-corrected chi connectivity index (χ3v) is 4.94. The van der Waals surface area contributed by atoms with E-state index in [0.29, 0.717) is 16.9 Å². The van der Waals surface area contributed by atoms with Crippen molar-refractivity contribution in [2.75, 3.05) is 7.11 Å². The number of carbonyl (C=O) groups is 1. The summed E-state index contributed by atoms with van der Waals surface area (Å²) in [5, 5.41) is 0. The quantitative estimate of drug-likeness (QED) is 0.342. The zero-order chi connectivity index (χ0) is 20.9. The van der Waals surface area contributed by atoms with Crippen LogP contribution < -0.4 is 9.47 Å². The van der Waals surface area contributed by atoms with Crippen molar-refractivity contribution in [1.29, 1.82) is 0 Å². The van der Waals surface area contributed by atoms with Crippen LogP contribution in [0.2, 0.25) is 0 Å². The molecule has 0 fully saturated rings. The number of ketones is 1. The van der Waals surface area contributed by atoms with E-state index in [9.17, 15) is 4.79 Å². The number of hydrogen-bond acceptors (Lipinski definition) is 3. The molecule has 4 aromatic carbocycles. The minimum atomic E-state index is 0.00499. The molecule has 0 bridgehead atoms. The molecular formula is C27H22O3. The fourth-order valence-corrected chi connectivity index (χ4v) is 3.18. The maximum atomic E-state index is 12.6. The summed E-state index contributed by atoms with van der Waals surface area (Å²) in [5.41, 5.74) is 4.67. The molecule has 148 valence electrons. The number of aryl methyl sites for hydroxylation is 1. The smallest absolute Gasteiger partial charge is 0.193 e. The second-order valence-electron chi connectivity index (χ2n) is 7.07. The number of rotatable bonds is 6. The van der Waals surface area contributed by atoms with Gasteiger partial charge in [-0.25, -0.2) is 0 Å². The number of hydrogen-bond donors (Lipinski definition) is 0. The lowest BCUT2D eigenvalue weighted by Gasteiger charge is -2.08. The van der Waals surface area contributed by atoms with Crippen LogP contribution in [0.3, 0.4) is 0 Å². The van der Waals surface area contributed by atoms with Gasteiger partial charge in [0.15, 0.2) is 5.78 Å². The first-order chi connectivity index (χ1) is 14.6. The maximum Gasteiger partial charge on any atom is 0.193 e. The fraction of sp³-hybridized carbons (Fsp3) is 0.0741. The number of benzene rings is 4. The number of methoxy groups -OCH3 is 1. The molecule has 0 aliphatic carbocycles. The fourth-order valence-electron chi connectivity index (χ4n) is 3.18. The van der Waals surface area contributed by atoms with Gasteiger partial charge in [0.2, 0.25) is 0 Å². The van der Waals surface area contributed by atoms with Gasteiger partial charge in [-0.3, -0.25) is 4.79 Å². The zero-order valence-electron chi connectivity index (χ0n) is 17.0. The molecule has 30 heavy (non-hydrogen) atoms. The van der Waals surface area contributed by atoms with E-state index in [0.717, 1.165) is 28.2 Å². The molecule has 3 heteroatoms. The molecule has 0 aromatic heterocycles. The Hall–Kier alpha value is -3.85. The van der Waals surface area contributed by atoms with Crippen molar-refractivity contribution in [3.05, 3.63) is 114 Å². The minimum Gasteiger partial charge on any atom is -0.497 e. The molecule has 4 aromatic rings. The van der Waals surface area contributed by atoms with Crippen LogP contribution in [0.15, 0.2) is 97.1 Å². The lowest BCUT2D eigenvalue weighted by atomic mass is 10.0. The highest BCUT2D eigenvalue weighted by Crippen LogP contribution is 2.27. The van der Waals surface area contributed by atoms with E-state index in [1.165, 1.54) is 0 Å². The predicted molar refractivity (Wildman–Crippen MR) is 120 cm³/mol. The Morgan fingerprint density at radius 2 is 0.967 bits per heavy atom. The topological polar surface area (TPSA) is 35.5 Å². The van der Waals surface area contributed by atoms with Crippen LogP contribution in [0.1, 0.15) is 21.5 Å². The monoisotopic (exact) mass is 394 g/mol. The third kappa shape index (κ3) is 4.41. The standard InChI is InChI=1S/C27H22O3/c1-19-3-5-22(6-4-19)27(28)23-11-17-26(18-12-23)30-25-15-9-21(10-16-25)20-7-13-24(29-2)14-8-20/h3-18H,1-2H3. The lowest BCUT2D eigenvalue weighted by molar-refractivity contribution is 0.103. The summed E-state index contributed by atoms with van der Waals surface area (Å²) in [4.78, 5) is 12.6. The SMILES string of the molecule is COc1ccc(-c2ccc(Oc3ccc(C(=O)c4ccc(C)cc4)cc3)cc2)cc1. The first-order valence-electron chi connectivity index (χ1n) is 9.76. The second kappa shape index (κ2) is 8.66. The highest BCUT2D eigenvalue weighted by Gasteiger charge is 2.09. The van der Waals surface area contributed by atoms with Crippen molar-refractivity contribution in [2.24, 2.45) is 0 Å². The second-order valence-corrected chi connectivity index (χ2v) is 7.07. The maximum absolute atomic E-state index is 12.6. The van der Waals surface area contributed by atoms with Gasteiger partial charge in [-0.2, -0.15) is 0 Å². The van der Waals surface area contributed by atoms with Crippen LogP contribution in [-0.2, 0) is 0 Å². The molecule has 0 radical (unpaired) electrons. The minimum absolute atomic E-state index is 0.00499. The van der Waals surface area contributed by atoms with Crippen LogP contribution in [-0.4, -0.2) is 12.9 Å². The summed E-state index contributed by atoms with van der Waals surface area (Å²) < 4.78 is 11.1. The molecule has 0 amide bonds. The Bertz CT molecular complexity index is 1120. The third-order valence-electron chi connectivity index (χ3n) is 4.94. The molecule has 3 nitrogen and oxygen atoms in total. The molecule has 0 unspecified atom stereocenters. The molecular weight excluding hydrogens is 372 g/mol. The van der Waals surface area contributed by atoms with Gasteiger partial charge in [-0.05, 0) is 66.6 Å². The molecule has 0 saturated heterocycles. The van der Waals surface area contributed by atoms with E-state index in [1.54, 1.807) is 19.2 Å². The lowest BCUT2D eigenvalue weighted by Crippen LogP contribution is -2.00. The highest BCUT2D eigenvalue weighted by molar-refractivity contribution is 6.09. The van der Waals surface area contributed by atoms with Crippen molar-refractivity contribution in [1.82, 2.24) is 0 Å². The first kappa shape index (κ1) is 19.5. The van der Waals surface area contributed by atoms with Crippen LogP contribution in [0.25, 0.3) is 11.1 Å². The van der Waals surface area contributed by atoms with Gasteiger partial charge in [0.05, 0.1) is 7.11 Å². The molecule has 0 aliphatic heterocycles. The molecule has 0 N–H and O–H groups in total. The molecule has 0 heterocycles. The van der Waals surface area contributed by atoms with Gasteiger partial charge in [-0.1, -0.05) is 54.1 Å². The van der Waals surface area contributed by atoms with Gasteiger partial charge in [0, 0.05) is 11.1 Å². The molecule has 4 rings (SSSR count). The van der Waals surface area contributed by atoms with Gasteiger partial charge in [-0.15, -0.1) is 0 Å². The summed E-state index contributed by atoms with van der Waals surface area (Å²) in [6, 6.07) is 30.7. The van der Waals surface area contributed by atoms with Crippen molar-refractivity contribution >= 4 is 5.78 Å². The van der Waals surface area contributed by atoms with E-state index in [2.05, 4.69) is 0 Å². The largest absolute Gasteiger partial charge is 0.497 e. The van der Waals surface area contributed by atoms with E-state index in [-0.39, 0.29) is 5.78 Å². The van der Waals surface area contributed by atoms with Crippen LogP contribution in [0, 0.1) is 6.92 Å². The van der Waals surface area contributed by atoms with Gasteiger partial charge < -0.3 is 9.47 Å². The zero-order valence-corrected chi connectivity index (χ0v) is 17.0. The Labute approximate surface area is 176 Å². The average Bonchev–Trinajstić information content (AvgIpc) is 2.80. The van der Waals surface area contributed by atoms with E-state index in [1.807, 2.05) is 91.9 Å². The van der Waals surface area contributed by atoms with Crippen LogP contribution in [0.4, 0.5) is 0 Å². The Kier molecular flexibility index (Phi) is 5.62. The Morgan fingerprint density at radius 1 is 0.567 bits per heavy atom. The predicted octanol–water partition coefficient (Wildman–Crippen LogP) is 6.69. The molecule has 0 atom stereocenters. The number of ether oxygens (including phenoxy) is 2. The number of carbonyl (C=O) groups excluding carboxylic acids is 1. The van der Waals surface area contributed by atoms with Crippen molar-refractivity contribution in [3.8, 4) is 28.4 Å². The Morgan fingerprint density at radius 3 is 1.43 bits per heavy atom. The Balaban J connectivity index is 1.44. The average molecular weight is 394 g/mol. The molecule has 0 spiro atoms. The van der Waals surface area contributed by atoms with Crippen molar-refractivity contribution in [2.45, 2.75) is 6.92 Å². The van der Waals surface area contributed by atoms with Crippen LogP contribution >= 0.6 is 0 Å². The van der Waals surface area contributed by atoms with E-state index < -0.39 is 0 Å². The van der Waals surface area contributed by atoms with E-state index >= 15 is 0 Å². The van der Waals surface area contributed by atoms with Gasteiger partial charge >= 0.3 is 0 Å². The summed E-state index contributed by atoms with van der Waals surface area (Å²) in [7, 11) is 1.66. The normalized spacial score (nSPS) is 10.5. The summed E-state index contributed by atoms with van der Waals surface area (Å²) in [6.45, 7) is 2.00. The summed E-state index contributed by atoms with van der Waals surface area (Å²) in [5.74, 6) is 2.27.